The van der Waals surface area contributed by atoms with E-state index in [1.807, 2.05) is 34.6 Å². The Morgan fingerprint density at radius 2 is 1.74 bits per heavy atom. The highest BCUT2D eigenvalue weighted by molar-refractivity contribution is 7.69. The normalized spacial score (nSPS) is 17.9. The Morgan fingerprint density at radius 3 is 2.37 bits per heavy atom. The van der Waals surface area contributed by atoms with E-state index >= 15 is 0 Å². The number of ether oxygens (including phenoxy) is 1. The molecule has 2 atom stereocenters. The molecule has 1 fully saturated rings. The monoisotopic (exact) mass is 609 g/mol. The number of imidazole rings is 1. The first-order valence-electron chi connectivity index (χ1n) is 14.1. The predicted octanol–water partition coefficient (Wildman–Crippen LogP) is 5.06. The number of benzene rings is 1. The molecule has 2 amide bonds. The van der Waals surface area contributed by atoms with Gasteiger partial charge in [0.15, 0.2) is 11.5 Å². The summed E-state index contributed by atoms with van der Waals surface area (Å²) in [5, 5.41) is 2.77. The average molecular weight is 610 g/mol. The summed E-state index contributed by atoms with van der Waals surface area (Å²) in [6, 6.07) is 4.29. The lowest BCUT2D eigenvalue weighted by molar-refractivity contribution is 0.00566. The summed E-state index contributed by atoms with van der Waals surface area (Å²) in [7, 11) is -2.78. The van der Waals surface area contributed by atoms with Crippen molar-refractivity contribution in [1.82, 2.24) is 24.3 Å². The zero-order chi connectivity index (χ0) is 31.4. The quantitative estimate of drug-likeness (QED) is 0.319. The number of hydrogen-bond donors (Lipinski definition) is 1. The molecule has 0 unspecified atom stereocenters. The second-order valence-electron chi connectivity index (χ2n) is 12.5. The van der Waals surface area contributed by atoms with Gasteiger partial charge in [-0.05, 0) is 67.0 Å². The standard InChI is InChI=1S/C30H37FN7O4P/c1-17-13-37-16-20(11-22(31)27(37)33-17)34-28(39)21-9-10-23(26-25(21)32-12-24(35-26)43(7,8)41)36-14-18(2)38(19(3)15-36)29(40)42-30(4,5)6/h9-13,16,18-19H,14-15H2,1-8H3,(H,34,39)/t18-,19+. The number of nitrogens with one attached hydrogen (secondary N) is 1. The fourth-order valence-electron chi connectivity index (χ4n) is 5.41. The lowest BCUT2D eigenvalue weighted by Crippen LogP contribution is -2.59. The van der Waals surface area contributed by atoms with Gasteiger partial charge in [0.1, 0.15) is 29.2 Å². The highest BCUT2D eigenvalue weighted by Crippen LogP contribution is 2.36. The van der Waals surface area contributed by atoms with Crippen molar-refractivity contribution in [2.45, 2.75) is 59.2 Å². The van der Waals surface area contributed by atoms with Gasteiger partial charge >= 0.3 is 6.09 Å². The van der Waals surface area contributed by atoms with Gasteiger partial charge in [-0.3, -0.25) is 14.7 Å². The molecule has 228 valence electrons. The SMILES string of the molecule is Cc1cn2cc(NC(=O)c3ccc(N4C[C@@H](C)N(C(=O)OC(C)(C)C)[C@@H](C)C4)c4nc(P(C)(C)=O)cnc34)cc(F)c2n1. The first-order chi connectivity index (χ1) is 20.0. The second kappa shape index (κ2) is 10.9. The topological polar surface area (TPSA) is 122 Å². The van der Waals surface area contributed by atoms with E-state index in [9.17, 15) is 18.5 Å². The molecule has 11 nitrogen and oxygen atoms in total. The third-order valence-corrected chi connectivity index (χ3v) is 8.53. The Bertz CT molecular complexity index is 1780. The summed E-state index contributed by atoms with van der Waals surface area (Å²) >= 11 is 0. The number of carbonyl (C=O) groups excluding carboxylic acids is 2. The molecule has 1 aromatic carbocycles. The number of anilines is 2. The number of nitrogens with zero attached hydrogens (tertiary/aromatic N) is 6. The Morgan fingerprint density at radius 1 is 1.07 bits per heavy atom. The molecule has 0 bridgehead atoms. The highest BCUT2D eigenvalue weighted by Gasteiger charge is 2.36. The van der Waals surface area contributed by atoms with E-state index in [-0.39, 0.29) is 35.1 Å². The van der Waals surface area contributed by atoms with Crippen LogP contribution in [0.1, 0.15) is 50.7 Å². The van der Waals surface area contributed by atoms with Gasteiger partial charge in [-0.1, -0.05) is 0 Å². The van der Waals surface area contributed by atoms with Gasteiger partial charge in [0.2, 0.25) is 0 Å². The van der Waals surface area contributed by atoms with Crippen molar-refractivity contribution >= 4 is 52.6 Å². The fourth-order valence-corrected chi connectivity index (χ4v) is 6.09. The van der Waals surface area contributed by atoms with Crippen LogP contribution in [-0.4, -0.2) is 80.4 Å². The predicted molar refractivity (Wildman–Crippen MR) is 166 cm³/mol. The molecule has 3 aromatic heterocycles. The lowest BCUT2D eigenvalue weighted by atomic mass is 10.1. The summed E-state index contributed by atoms with van der Waals surface area (Å²) in [5.41, 5.74) is 2.48. The number of piperazine rings is 1. The van der Waals surface area contributed by atoms with Crippen molar-refractivity contribution < 1.29 is 23.3 Å². The number of carbonyl (C=O) groups is 2. The van der Waals surface area contributed by atoms with Crippen LogP contribution in [0.4, 0.5) is 20.6 Å². The van der Waals surface area contributed by atoms with Gasteiger partial charge in [-0.25, -0.2) is 19.2 Å². The summed E-state index contributed by atoms with van der Waals surface area (Å²) in [6.07, 6.45) is 4.33. The molecular formula is C30H37FN7O4P. The molecular weight excluding hydrogens is 572 g/mol. The van der Waals surface area contributed by atoms with Crippen molar-refractivity contribution in [3.8, 4) is 0 Å². The van der Waals surface area contributed by atoms with E-state index in [0.717, 1.165) is 0 Å². The molecule has 1 aliphatic rings. The van der Waals surface area contributed by atoms with E-state index in [1.54, 1.807) is 49.7 Å². The number of pyridine rings is 1. The minimum Gasteiger partial charge on any atom is -0.444 e. The maximum absolute atomic E-state index is 14.7. The maximum atomic E-state index is 14.7. The van der Waals surface area contributed by atoms with Crippen LogP contribution in [0.3, 0.4) is 0 Å². The number of halogens is 1. The van der Waals surface area contributed by atoms with Crippen LogP contribution in [0.25, 0.3) is 16.7 Å². The van der Waals surface area contributed by atoms with E-state index in [4.69, 9.17) is 9.72 Å². The first kappa shape index (κ1) is 30.4. The number of hydrogen-bond acceptors (Lipinski definition) is 8. The number of rotatable bonds is 4. The van der Waals surface area contributed by atoms with Crippen LogP contribution in [0.5, 0.6) is 0 Å². The van der Waals surface area contributed by atoms with Crippen molar-refractivity contribution in [2.24, 2.45) is 0 Å². The fraction of sp³-hybridized carbons (Fsp3) is 0.433. The number of amides is 2. The van der Waals surface area contributed by atoms with Gasteiger partial charge in [-0.2, -0.15) is 0 Å². The second-order valence-corrected chi connectivity index (χ2v) is 15.7. The van der Waals surface area contributed by atoms with E-state index in [2.05, 4.69) is 20.2 Å². The summed E-state index contributed by atoms with van der Waals surface area (Å²) in [4.78, 5) is 43.8. The summed E-state index contributed by atoms with van der Waals surface area (Å²) < 4.78 is 34.8. The summed E-state index contributed by atoms with van der Waals surface area (Å²) in [5.74, 6) is -1.06. The number of aromatic nitrogens is 4. The zero-order valence-corrected chi connectivity index (χ0v) is 26.6. The van der Waals surface area contributed by atoms with Crippen LogP contribution in [0, 0.1) is 12.7 Å². The molecule has 0 saturated carbocycles. The zero-order valence-electron chi connectivity index (χ0n) is 25.7. The van der Waals surface area contributed by atoms with Gasteiger partial charge in [0, 0.05) is 31.5 Å². The van der Waals surface area contributed by atoms with Crippen LogP contribution in [-0.2, 0) is 9.30 Å². The minimum atomic E-state index is -2.78. The largest absolute Gasteiger partial charge is 0.444 e. The molecule has 5 rings (SSSR count). The minimum absolute atomic E-state index is 0.169. The van der Waals surface area contributed by atoms with E-state index in [0.29, 0.717) is 40.9 Å². The van der Waals surface area contributed by atoms with Crippen molar-refractivity contribution in [2.75, 3.05) is 36.6 Å². The Balaban J connectivity index is 1.51. The van der Waals surface area contributed by atoms with Crippen LogP contribution in [0.2, 0.25) is 0 Å². The van der Waals surface area contributed by atoms with Crippen LogP contribution < -0.4 is 15.7 Å². The van der Waals surface area contributed by atoms with Gasteiger partial charge in [0.05, 0.1) is 40.9 Å². The molecule has 13 heteroatoms. The molecule has 4 heterocycles. The molecule has 0 aliphatic carbocycles. The van der Waals surface area contributed by atoms with Gasteiger partial charge in [-0.15, -0.1) is 0 Å². The lowest BCUT2D eigenvalue weighted by Gasteiger charge is -2.45. The van der Waals surface area contributed by atoms with Crippen LogP contribution >= 0.6 is 7.14 Å². The molecule has 1 saturated heterocycles. The highest BCUT2D eigenvalue weighted by atomic mass is 31.2. The number of aryl methyl sites for hydroxylation is 1. The summed E-state index contributed by atoms with van der Waals surface area (Å²) in [6.45, 7) is 15.4. The average Bonchev–Trinajstić information content (AvgIpc) is 3.26. The maximum Gasteiger partial charge on any atom is 0.410 e. The third-order valence-electron chi connectivity index (χ3n) is 7.21. The van der Waals surface area contributed by atoms with E-state index in [1.165, 1.54) is 16.7 Å². The first-order valence-corrected chi connectivity index (χ1v) is 16.7. The molecule has 4 aromatic rings. The van der Waals surface area contributed by atoms with Crippen molar-refractivity contribution in [3.63, 3.8) is 0 Å². The van der Waals surface area contributed by atoms with Crippen molar-refractivity contribution in [1.29, 1.82) is 0 Å². The van der Waals surface area contributed by atoms with Gasteiger partial charge < -0.3 is 23.9 Å². The van der Waals surface area contributed by atoms with Crippen LogP contribution in [0.15, 0.2) is 36.8 Å². The Hall–Kier alpha value is -4.05. The third kappa shape index (κ3) is 6.20. The van der Waals surface area contributed by atoms with Gasteiger partial charge in [0.25, 0.3) is 5.91 Å². The van der Waals surface area contributed by atoms with Crippen molar-refractivity contribution in [3.05, 3.63) is 53.9 Å². The molecule has 0 spiro atoms. The Labute approximate surface area is 249 Å². The molecule has 0 radical (unpaired) electrons. The van der Waals surface area contributed by atoms with E-state index < -0.39 is 24.5 Å². The molecule has 43 heavy (non-hydrogen) atoms. The smallest absolute Gasteiger partial charge is 0.410 e. The number of fused-ring (bicyclic) bond motifs is 2. The Kier molecular flexibility index (Phi) is 7.71. The molecule has 1 aliphatic heterocycles. The molecule has 1 N–H and O–H groups in total.